The zero-order valence-corrected chi connectivity index (χ0v) is 8.56. The van der Waals surface area contributed by atoms with Gasteiger partial charge in [-0.05, 0) is 40.3 Å². The minimum Gasteiger partial charge on any atom is -0.192 e. The van der Waals surface area contributed by atoms with E-state index in [1.165, 1.54) is 0 Å². The number of nitrogens with zero attached hydrogens (tertiary/aromatic N) is 1. The minimum atomic E-state index is 0.504. The van der Waals surface area contributed by atoms with E-state index < -0.39 is 0 Å². The Hall–Kier alpha value is -0.270. The summed E-state index contributed by atoms with van der Waals surface area (Å²) in [6.45, 7) is 0. The Balaban J connectivity index is 3.12. The van der Waals surface area contributed by atoms with Crippen LogP contribution in [0.5, 0.6) is 0 Å². The van der Waals surface area contributed by atoms with Crippen molar-refractivity contribution in [2.24, 2.45) is 0 Å². The summed E-state index contributed by atoms with van der Waals surface area (Å²) in [4.78, 5) is 0. The number of halogens is 2. The molecule has 0 atom stereocenters. The molecule has 3 heteroatoms. The quantitative estimate of drug-likeness (QED) is 0.572. The third-order valence-electron chi connectivity index (χ3n) is 1.33. The molecule has 0 unspecified atom stereocenters. The van der Waals surface area contributed by atoms with E-state index in [0.717, 1.165) is 9.13 Å². The van der Waals surface area contributed by atoms with E-state index in [9.17, 15) is 0 Å². The standard InChI is InChI=1S/C8H5ClIN/c9-4-7-2-1-6(5-11)3-8(7)10/h1-3H,4H2. The van der Waals surface area contributed by atoms with Gasteiger partial charge in [-0.25, -0.2) is 0 Å². The van der Waals surface area contributed by atoms with Crippen LogP contribution in [-0.4, -0.2) is 0 Å². The summed E-state index contributed by atoms with van der Waals surface area (Å²) in [5.41, 5.74) is 1.76. The highest BCUT2D eigenvalue weighted by molar-refractivity contribution is 14.1. The molecule has 0 spiro atoms. The number of hydrogen-bond acceptors (Lipinski definition) is 1. The number of nitriles is 1. The smallest absolute Gasteiger partial charge is 0.0991 e. The van der Waals surface area contributed by atoms with Gasteiger partial charge in [-0.15, -0.1) is 11.6 Å². The van der Waals surface area contributed by atoms with Crippen molar-refractivity contribution in [1.82, 2.24) is 0 Å². The van der Waals surface area contributed by atoms with Crippen LogP contribution >= 0.6 is 34.2 Å². The highest BCUT2D eigenvalue weighted by Gasteiger charge is 1.98. The van der Waals surface area contributed by atoms with Crippen molar-refractivity contribution in [3.8, 4) is 6.07 Å². The molecule has 0 amide bonds. The number of hydrogen-bond donors (Lipinski definition) is 0. The minimum absolute atomic E-state index is 0.504. The summed E-state index contributed by atoms with van der Waals surface area (Å²) in [5.74, 6) is 0.504. The molecule has 0 saturated heterocycles. The number of alkyl halides is 1. The second-order valence-corrected chi connectivity index (χ2v) is 3.48. The van der Waals surface area contributed by atoms with Crippen LogP contribution in [0.2, 0.25) is 0 Å². The number of rotatable bonds is 1. The molecule has 0 aliphatic rings. The first-order valence-corrected chi connectivity index (χ1v) is 4.63. The van der Waals surface area contributed by atoms with Crippen LogP contribution in [0.15, 0.2) is 18.2 Å². The second kappa shape index (κ2) is 3.93. The normalized spacial score (nSPS) is 9.18. The zero-order valence-electron chi connectivity index (χ0n) is 5.64. The molecule has 0 saturated carbocycles. The average Bonchev–Trinajstić information content (AvgIpc) is 2.04. The summed E-state index contributed by atoms with van der Waals surface area (Å²) < 4.78 is 1.05. The highest BCUT2D eigenvalue weighted by Crippen LogP contribution is 2.15. The lowest BCUT2D eigenvalue weighted by molar-refractivity contribution is 1.35. The van der Waals surface area contributed by atoms with Crippen molar-refractivity contribution in [2.45, 2.75) is 5.88 Å². The first-order chi connectivity index (χ1) is 5.27. The van der Waals surface area contributed by atoms with Crippen molar-refractivity contribution in [3.63, 3.8) is 0 Å². The summed E-state index contributed by atoms with van der Waals surface area (Å²) in [7, 11) is 0. The lowest BCUT2D eigenvalue weighted by Crippen LogP contribution is -1.84. The fourth-order valence-corrected chi connectivity index (χ4v) is 1.89. The van der Waals surface area contributed by atoms with Crippen LogP contribution in [0.25, 0.3) is 0 Å². The van der Waals surface area contributed by atoms with E-state index in [2.05, 4.69) is 28.7 Å². The Bertz CT molecular complexity index is 303. The van der Waals surface area contributed by atoms with Crippen molar-refractivity contribution in [2.75, 3.05) is 0 Å². The molecule has 0 fully saturated rings. The maximum atomic E-state index is 8.54. The summed E-state index contributed by atoms with van der Waals surface area (Å²) >= 11 is 7.81. The monoisotopic (exact) mass is 277 g/mol. The largest absolute Gasteiger partial charge is 0.192 e. The van der Waals surface area contributed by atoms with E-state index in [0.29, 0.717) is 11.4 Å². The summed E-state index contributed by atoms with van der Waals surface area (Å²) in [5, 5.41) is 8.54. The third kappa shape index (κ3) is 2.08. The molecule has 0 radical (unpaired) electrons. The van der Waals surface area contributed by atoms with Crippen LogP contribution in [0, 0.1) is 14.9 Å². The van der Waals surface area contributed by atoms with Gasteiger partial charge >= 0.3 is 0 Å². The van der Waals surface area contributed by atoms with Crippen molar-refractivity contribution in [1.29, 1.82) is 5.26 Å². The fourth-order valence-electron chi connectivity index (χ4n) is 0.725. The predicted molar refractivity (Wildman–Crippen MR) is 53.4 cm³/mol. The first-order valence-electron chi connectivity index (χ1n) is 3.02. The fraction of sp³-hybridized carbons (Fsp3) is 0.125. The molecule has 0 aliphatic carbocycles. The van der Waals surface area contributed by atoms with Gasteiger partial charge in [0.05, 0.1) is 11.6 Å². The van der Waals surface area contributed by atoms with Crippen LogP contribution in [0.4, 0.5) is 0 Å². The van der Waals surface area contributed by atoms with Gasteiger partial charge in [0, 0.05) is 9.45 Å². The van der Waals surface area contributed by atoms with Crippen LogP contribution < -0.4 is 0 Å². The molecule has 1 aromatic rings. The van der Waals surface area contributed by atoms with Crippen molar-refractivity contribution in [3.05, 3.63) is 32.9 Å². The summed E-state index contributed by atoms with van der Waals surface area (Å²) in [6, 6.07) is 7.56. The molecular formula is C8H5ClIN. The van der Waals surface area contributed by atoms with E-state index in [4.69, 9.17) is 16.9 Å². The second-order valence-electron chi connectivity index (χ2n) is 2.05. The Labute approximate surface area is 84.1 Å². The zero-order chi connectivity index (χ0) is 8.27. The van der Waals surface area contributed by atoms with Gasteiger partial charge in [-0.1, -0.05) is 6.07 Å². The predicted octanol–water partition coefficient (Wildman–Crippen LogP) is 2.90. The van der Waals surface area contributed by atoms with Gasteiger partial charge in [0.25, 0.3) is 0 Å². The Morgan fingerprint density at radius 3 is 2.73 bits per heavy atom. The van der Waals surface area contributed by atoms with E-state index in [-0.39, 0.29) is 0 Å². The lowest BCUT2D eigenvalue weighted by Gasteiger charge is -1.98. The van der Waals surface area contributed by atoms with Crippen molar-refractivity contribution >= 4 is 34.2 Å². The van der Waals surface area contributed by atoms with Crippen molar-refractivity contribution < 1.29 is 0 Å². The molecule has 1 rings (SSSR count). The molecule has 1 nitrogen and oxygen atoms in total. The Morgan fingerprint density at radius 1 is 1.55 bits per heavy atom. The van der Waals surface area contributed by atoms with Gasteiger partial charge < -0.3 is 0 Å². The van der Waals surface area contributed by atoms with Crippen LogP contribution in [0.3, 0.4) is 0 Å². The maximum Gasteiger partial charge on any atom is 0.0991 e. The molecule has 0 N–H and O–H groups in total. The molecule has 56 valence electrons. The summed E-state index contributed by atoms with van der Waals surface area (Å²) in [6.07, 6.45) is 0. The van der Waals surface area contributed by atoms with E-state index >= 15 is 0 Å². The topological polar surface area (TPSA) is 23.8 Å². The third-order valence-corrected chi connectivity index (χ3v) is 2.62. The molecule has 1 aromatic carbocycles. The Morgan fingerprint density at radius 2 is 2.27 bits per heavy atom. The molecule has 0 bridgehead atoms. The van der Waals surface area contributed by atoms with Gasteiger partial charge in [-0.2, -0.15) is 5.26 Å². The first kappa shape index (κ1) is 8.82. The Kier molecular flexibility index (Phi) is 3.16. The van der Waals surface area contributed by atoms with Gasteiger partial charge in [0.1, 0.15) is 0 Å². The number of benzene rings is 1. The molecule has 0 heterocycles. The molecule has 0 aromatic heterocycles. The lowest BCUT2D eigenvalue weighted by atomic mass is 10.2. The molecule has 0 aliphatic heterocycles. The molecule has 11 heavy (non-hydrogen) atoms. The SMILES string of the molecule is N#Cc1ccc(CCl)c(I)c1. The van der Waals surface area contributed by atoms with E-state index in [1.807, 2.05) is 12.1 Å². The molecular weight excluding hydrogens is 272 g/mol. The van der Waals surface area contributed by atoms with E-state index in [1.54, 1.807) is 6.07 Å². The van der Waals surface area contributed by atoms with Crippen LogP contribution in [-0.2, 0) is 5.88 Å². The maximum absolute atomic E-state index is 8.54. The van der Waals surface area contributed by atoms with Gasteiger partial charge in [0.15, 0.2) is 0 Å². The van der Waals surface area contributed by atoms with Gasteiger partial charge in [-0.3, -0.25) is 0 Å². The van der Waals surface area contributed by atoms with Crippen LogP contribution in [0.1, 0.15) is 11.1 Å². The average molecular weight is 277 g/mol. The highest BCUT2D eigenvalue weighted by atomic mass is 127. The van der Waals surface area contributed by atoms with Gasteiger partial charge in [0.2, 0.25) is 0 Å².